The van der Waals surface area contributed by atoms with Gasteiger partial charge in [-0.3, -0.25) is 4.79 Å². The highest BCUT2D eigenvalue weighted by molar-refractivity contribution is 5.86. The van der Waals surface area contributed by atoms with Gasteiger partial charge < -0.3 is 19.4 Å². The number of fused-ring (bicyclic) bond motifs is 1. The molecule has 0 spiro atoms. The minimum Gasteiger partial charge on any atom is -0.493 e. The Morgan fingerprint density at radius 3 is 2.02 bits per heavy atom. The summed E-state index contributed by atoms with van der Waals surface area (Å²) in [4.78, 5) is 13.5. The van der Waals surface area contributed by atoms with Crippen LogP contribution in [0.1, 0.15) is 46.9 Å². The van der Waals surface area contributed by atoms with Crippen molar-refractivity contribution in [1.29, 1.82) is 0 Å². The van der Waals surface area contributed by atoms with Gasteiger partial charge in [-0.1, -0.05) is 84.9 Å². The Bertz CT molecular complexity index is 1520. The summed E-state index contributed by atoms with van der Waals surface area (Å²) in [6, 6.07) is 35.2. The Morgan fingerprint density at radius 2 is 1.38 bits per heavy atom. The fraction of sp³-hybridized carbons (Fsp3) is 0.229. The zero-order chi connectivity index (χ0) is 27.9. The second-order valence-electron chi connectivity index (χ2n) is 10.1. The fourth-order valence-electron chi connectivity index (χ4n) is 5.64. The number of rotatable bonds is 11. The Morgan fingerprint density at radius 1 is 0.750 bits per heavy atom. The van der Waals surface area contributed by atoms with Gasteiger partial charge in [0, 0.05) is 48.9 Å². The van der Waals surface area contributed by atoms with E-state index in [1.165, 1.54) is 11.1 Å². The van der Waals surface area contributed by atoms with E-state index in [1.54, 1.807) is 14.2 Å². The van der Waals surface area contributed by atoms with E-state index in [2.05, 4.69) is 76.7 Å². The first kappa shape index (κ1) is 27.1. The molecule has 1 atom stereocenters. The lowest BCUT2D eigenvalue weighted by Crippen LogP contribution is -2.27. The Balaban J connectivity index is 1.38. The molecule has 0 fully saturated rings. The number of hydrogen-bond donors (Lipinski definition) is 1. The van der Waals surface area contributed by atoms with Gasteiger partial charge in [-0.2, -0.15) is 0 Å². The zero-order valence-electron chi connectivity index (χ0n) is 23.3. The number of nitrogens with one attached hydrogen (secondary N) is 1. The van der Waals surface area contributed by atoms with Crippen LogP contribution in [0.15, 0.2) is 109 Å². The molecule has 0 aliphatic rings. The molecule has 0 saturated carbocycles. The summed E-state index contributed by atoms with van der Waals surface area (Å²) in [5, 5.41) is 4.37. The van der Waals surface area contributed by atoms with E-state index in [0.29, 0.717) is 24.5 Å². The lowest BCUT2D eigenvalue weighted by atomic mass is 9.87. The lowest BCUT2D eigenvalue weighted by Gasteiger charge is -2.21. The van der Waals surface area contributed by atoms with Crippen LogP contribution in [0.3, 0.4) is 0 Å². The molecule has 1 aromatic heterocycles. The molecule has 0 radical (unpaired) electrons. The average Bonchev–Trinajstić information content (AvgIpc) is 3.34. The SMILES string of the molecule is COc1ccc([C@@H](CC(=O)NCCC(c2ccccc2)c2ccccc2)c2cn(C)c3ccccc23)cc1OC. The number of carbonyl (C=O) groups excluding carboxylic acids is 1. The molecular weight excluding hydrogens is 496 g/mol. The van der Waals surface area contributed by atoms with Crippen molar-refractivity contribution >= 4 is 16.8 Å². The highest BCUT2D eigenvalue weighted by Crippen LogP contribution is 2.38. The van der Waals surface area contributed by atoms with Gasteiger partial charge >= 0.3 is 0 Å². The molecule has 5 aromatic rings. The Kier molecular flexibility index (Phi) is 8.50. The van der Waals surface area contributed by atoms with Crippen molar-refractivity contribution in [2.24, 2.45) is 7.05 Å². The second-order valence-corrected chi connectivity index (χ2v) is 10.1. The van der Waals surface area contributed by atoms with Gasteiger partial charge in [-0.25, -0.2) is 0 Å². The number of carbonyl (C=O) groups is 1. The van der Waals surface area contributed by atoms with Gasteiger partial charge in [0.1, 0.15) is 0 Å². The predicted molar refractivity (Wildman–Crippen MR) is 161 cm³/mol. The van der Waals surface area contributed by atoms with Crippen molar-refractivity contribution in [3.8, 4) is 11.5 Å². The number of hydrogen-bond acceptors (Lipinski definition) is 3. The molecule has 1 N–H and O–H groups in total. The number of aryl methyl sites for hydroxylation is 1. The van der Waals surface area contributed by atoms with Gasteiger partial charge in [-0.05, 0) is 46.9 Å². The van der Waals surface area contributed by atoms with E-state index in [1.807, 2.05) is 49.5 Å². The number of aromatic nitrogens is 1. The summed E-state index contributed by atoms with van der Waals surface area (Å²) < 4.78 is 13.2. The molecule has 0 unspecified atom stereocenters. The maximum atomic E-state index is 13.5. The Hall–Kier alpha value is -4.51. The maximum absolute atomic E-state index is 13.5. The van der Waals surface area contributed by atoms with Crippen molar-refractivity contribution in [3.63, 3.8) is 0 Å². The van der Waals surface area contributed by atoms with Crippen molar-refractivity contribution in [2.45, 2.75) is 24.7 Å². The van der Waals surface area contributed by atoms with Gasteiger partial charge in [0.25, 0.3) is 0 Å². The van der Waals surface area contributed by atoms with Gasteiger partial charge in [0.05, 0.1) is 14.2 Å². The van der Waals surface area contributed by atoms with E-state index in [0.717, 1.165) is 28.5 Å². The highest BCUT2D eigenvalue weighted by atomic mass is 16.5. The van der Waals surface area contributed by atoms with Crippen LogP contribution in [-0.4, -0.2) is 31.2 Å². The first-order chi connectivity index (χ1) is 19.6. The first-order valence-electron chi connectivity index (χ1n) is 13.7. The van der Waals surface area contributed by atoms with Crippen LogP contribution in [0.5, 0.6) is 11.5 Å². The van der Waals surface area contributed by atoms with Crippen LogP contribution in [0.2, 0.25) is 0 Å². The number of benzene rings is 4. The number of ether oxygens (including phenoxy) is 2. The molecule has 0 saturated heterocycles. The van der Waals surface area contributed by atoms with Crippen molar-refractivity contribution < 1.29 is 14.3 Å². The average molecular weight is 533 g/mol. The Labute approximate surface area is 236 Å². The number of para-hydroxylation sites is 1. The maximum Gasteiger partial charge on any atom is 0.220 e. The van der Waals surface area contributed by atoms with E-state index < -0.39 is 0 Å². The number of methoxy groups -OCH3 is 2. The monoisotopic (exact) mass is 532 g/mol. The molecule has 5 rings (SSSR count). The third kappa shape index (κ3) is 5.89. The summed E-state index contributed by atoms with van der Waals surface area (Å²) >= 11 is 0. The summed E-state index contributed by atoms with van der Waals surface area (Å²) in [6.07, 6.45) is 3.28. The van der Waals surface area contributed by atoms with Crippen LogP contribution in [0.4, 0.5) is 0 Å². The topological polar surface area (TPSA) is 52.5 Å². The minimum absolute atomic E-state index is 0.0209. The van der Waals surface area contributed by atoms with E-state index in [4.69, 9.17) is 9.47 Å². The first-order valence-corrected chi connectivity index (χ1v) is 13.7. The molecule has 204 valence electrons. The minimum atomic E-state index is -0.148. The van der Waals surface area contributed by atoms with Gasteiger partial charge in [0.15, 0.2) is 11.5 Å². The third-order valence-corrected chi connectivity index (χ3v) is 7.66. The summed E-state index contributed by atoms with van der Waals surface area (Å²) in [6.45, 7) is 0.585. The van der Waals surface area contributed by atoms with Crippen LogP contribution in [0, 0.1) is 0 Å². The normalized spacial score (nSPS) is 11.9. The van der Waals surface area contributed by atoms with E-state index in [9.17, 15) is 4.79 Å². The van der Waals surface area contributed by atoms with Crippen LogP contribution >= 0.6 is 0 Å². The quantitative estimate of drug-likeness (QED) is 0.198. The van der Waals surface area contributed by atoms with Crippen LogP contribution in [-0.2, 0) is 11.8 Å². The standard InChI is InChI=1S/C35H36N2O3/c1-37-24-31(29-16-10-11-17-32(29)37)30(27-18-19-33(39-2)34(22-27)40-3)23-35(38)36-21-20-28(25-12-6-4-7-13-25)26-14-8-5-9-15-26/h4-19,22,24,28,30H,20-21,23H2,1-3H3,(H,36,38)/t30-/m1/s1. The molecule has 5 nitrogen and oxygen atoms in total. The molecule has 1 heterocycles. The molecule has 1 amide bonds. The molecule has 40 heavy (non-hydrogen) atoms. The molecule has 4 aromatic carbocycles. The molecular formula is C35H36N2O3. The molecule has 0 bridgehead atoms. The summed E-state index contributed by atoms with van der Waals surface area (Å²) in [7, 11) is 5.31. The lowest BCUT2D eigenvalue weighted by molar-refractivity contribution is -0.121. The highest BCUT2D eigenvalue weighted by Gasteiger charge is 2.24. The predicted octanol–water partition coefficient (Wildman–Crippen LogP) is 7.06. The smallest absolute Gasteiger partial charge is 0.220 e. The van der Waals surface area contributed by atoms with Crippen LogP contribution < -0.4 is 14.8 Å². The number of nitrogens with zero attached hydrogens (tertiary/aromatic N) is 1. The second kappa shape index (κ2) is 12.6. The van der Waals surface area contributed by atoms with Crippen molar-refractivity contribution in [2.75, 3.05) is 20.8 Å². The summed E-state index contributed by atoms with van der Waals surface area (Å²) in [5.41, 5.74) is 5.77. The van der Waals surface area contributed by atoms with E-state index in [-0.39, 0.29) is 17.7 Å². The fourth-order valence-corrected chi connectivity index (χ4v) is 5.64. The number of amides is 1. The largest absolute Gasteiger partial charge is 0.493 e. The van der Waals surface area contributed by atoms with Gasteiger partial charge in [0.2, 0.25) is 5.91 Å². The van der Waals surface area contributed by atoms with Crippen LogP contribution in [0.25, 0.3) is 10.9 Å². The van der Waals surface area contributed by atoms with Crippen molar-refractivity contribution in [1.82, 2.24) is 9.88 Å². The molecule has 0 aliphatic carbocycles. The van der Waals surface area contributed by atoms with Gasteiger partial charge in [-0.15, -0.1) is 0 Å². The molecule has 5 heteroatoms. The zero-order valence-corrected chi connectivity index (χ0v) is 23.3. The van der Waals surface area contributed by atoms with E-state index >= 15 is 0 Å². The van der Waals surface area contributed by atoms with Crippen molar-refractivity contribution in [3.05, 3.63) is 132 Å². The molecule has 0 aliphatic heterocycles. The summed E-state index contributed by atoms with van der Waals surface area (Å²) in [5.74, 6) is 1.40. The third-order valence-electron chi connectivity index (χ3n) is 7.66.